The molecule has 0 aromatic carbocycles. The summed E-state index contributed by atoms with van der Waals surface area (Å²) >= 11 is 2.78. The van der Waals surface area contributed by atoms with E-state index in [1.165, 1.54) is 6.92 Å². The predicted octanol–water partition coefficient (Wildman–Crippen LogP) is 0.210. The predicted molar refractivity (Wildman–Crippen MR) is 51.9 cm³/mol. The minimum Gasteiger partial charge on any atom is -0.465 e. The topological polar surface area (TPSA) is 72.5 Å². The number of carbonyl (C=O) groups is 1. The first-order chi connectivity index (χ1) is 5.93. The average Bonchev–Trinajstić information content (AvgIpc) is 2.04. The van der Waals surface area contributed by atoms with Crippen molar-refractivity contribution in [3.05, 3.63) is 0 Å². The Balaban J connectivity index is 4.15. The van der Waals surface area contributed by atoms with Gasteiger partial charge in [0.2, 0.25) is 10.0 Å². The molecule has 0 aliphatic carbocycles. The average molecular weight is 274 g/mol. The van der Waals surface area contributed by atoms with Gasteiger partial charge in [0.25, 0.3) is 0 Å². The number of hydrogen-bond donors (Lipinski definition) is 1. The lowest BCUT2D eigenvalue weighted by molar-refractivity contribution is -0.144. The van der Waals surface area contributed by atoms with Crippen molar-refractivity contribution in [2.24, 2.45) is 0 Å². The zero-order valence-corrected chi connectivity index (χ0v) is 9.81. The van der Waals surface area contributed by atoms with Crippen molar-refractivity contribution in [1.29, 1.82) is 0 Å². The zero-order valence-electron chi connectivity index (χ0n) is 7.41. The fourth-order valence-corrected chi connectivity index (χ4v) is 1.71. The number of nitrogens with one attached hydrogen (secondary N) is 1. The third-order valence-electron chi connectivity index (χ3n) is 1.14. The van der Waals surface area contributed by atoms with Crippen LogP contribution in [0.25, 0.3) is 0 Å². The smallest absolute Gasteiger partial charge is 0.323 e. The van der Waals surface area contributed by atoms with Crippen LogP contribution in [0.5, 0.6) is 0 Å². The number of hydrogen-bond acceptors (Lipinski definition) is 4. The van der Waals surface area contributed by atoms with Crippen LogP contribution in [-0.2, 0) is 19.6 Å². The maximum Gasteiger partial charge on any atom is 0.323 e. The Kier molecular flexibility index (Phi) is 5.50. The van der Waals surface area contributed by atoms with Crippen LogP contribution >= 0.6 is 15.9 Å². The molecule has 5 nitrogen and oxygen atoms in total. The van der Waals surface area contributed by atoms with Gasteiger partial charge in [0, 0.05) is 0 Å². The van der Waals surface area contributed by atoms with E-state index < -0.39 is 22.0 Å². The first-order valence-electron chi connectivity index (χ1n) is 3.65. The Bertz CT molecular complexity index is 264. The minimum atomic E-state index is -3.42. The number of carbonyl (C=O) groups excluding carboxylic acids is 1. The Morgan fingerprint density at radius 1 is 1.62 bits per heavy atom. The molecule has 1 unspecified atom stereocenters. The highest BCUT2D eigenvalue weighted by molar-refractivity contribution is 9.10. The summed E-state index contributed by atoms with van der Waals surface area (Å²) in [4.78, 5) is 11.0. The lowest BCUT2D eigenvalue weighted by Crippen LogP contribution is -2.39. The van der Waals surface area contributed by atoms with Crippen molar-refractivity contribution in [2.45, 2.75) is 19.9 Å². The van der Waals surface area contributed by atoms with Crippen LogP contribution in [0.2, 0.25) is 0 Å². The molecule has 0 aromatic heterocycles. The van der Waals surface area contributed by atoms with E-state index in [1.54, 1.807) is 6.92 Å². The second-order valence-electron chi connectivity index (χ2n) is 2.32. The van der Waals surface area contributed by atoms with E-state index in [0.29, 0.717) is 0 Å². The van der Waals surface area contributed by atoms with E-state index in [2.05, 4.69) is 25.4 Å². The normalized spacial score (nSPS) is 13.8. The molecular weight excluding hydrogens is 262 g/mol. The van der Waals surface area contributed by atoms with Crippen LogP contribution in [0.4, 0.5) is 0 Å². The molecule has 78 valence electrons. The number of esters is 1. The summed E-state index contributed by atoms with van der Waals surface area (Å²) in [6.45, 7) is 3.32. The Morgan fingerprint density at radius 2 is 2.15 bits per heavy atom. The van der Waals surface area contributed by atoms with Crippen molar-refractivity contribution in [3.8, 4) is 0 Å². The van der Waals surface area contributed by atoms with Gasteiger partial charge in [-0.2, -0.15) is 0 Å². The highest BCUT2D eigenvalue weighted by Crippen LogP contribution is 1.95. The second-order valence-corrected chi connectivity index (χ2v) is 5.37. The molecule has 0 aliphatic rings. The molecule has 0 fully saturated rings. The summed E-state index contributed by atoms with van der Waals surface area (Å²) in [6.07, 6.45) is 0. The summed E-state index contributed by atoms with van der Waals surface area (Å²) in [5, 5.41) is 0. The lowest BCUT2D eigenvalue weighted by Gasteiger charge is -2.11. The molecule has 0 radical (unpaired) electrons. The number of ether oxygens (including phenoxy) is 1. The molecule has 7 heteroatoms. The van der Waals surface area contributed by atoms with Crippen LogP contribution in [0, 0.1) is 0 Å². The fraction of sp³-hybridized carbons (Fsp3) is 0.833. The minimum absolute atomic E-state index is 0.232. The first-order valence-corrected chi connectivity index (χ1v) is 6.43. The molecule has 0 aromatic rings. The van der Waals surface area contributed by atoms with Gasteiger partial charge in [-0.3, -0.25) is 4.79 Å². The van der Waals surface area contributed by atoms with Crippen molar-refractivity contribution < 1.29 is 17.9 Å². The lowest BCUT2D eigenvalue weighted by atomic mass is 10.4. The van der Waals surface area contributed by atoms with Crippen molar-refractivity contribution in [2.75, 3.05) is 11.3 Å². The largest absolute Gasteiger partial charge is 0.465 e. The maximum absolute atomic E-state index is 11.0. The molecule has 0 saturated carbocycles. The van der Waals surface area contributed by atoms with Gasteiger partial charge in [0.05, 0.1) is 6.61 Å². The monoisotopic (exact) mass is 273 g/mol. The molecule has 13 heavy (non-hydrogen) atoms. The number of alkyl halides is 1. The third-order valence-corrected chi connectivity index (χ3v) is 3.95. The SMILES string of the molecule is CCOC(=O)C(C)NS(=O)(=O)CBr. The standard InChI is InChI=1S/C6H12BrNO4S/c1-3-12-6(9)5(2)8-13(10,11)4-7/h5,8H,3-4H2,1-2H3. The van der Waals surface area contributed by atoms with Gasteiger partial charge >= 0.3 is 5.97 Å². The second kappa shape index (κ2) is 5.56. The maximum atomic E-state index is 11.0. The quantitative estimate of drug-likeness (QED) is 0.574. The molecule has 0 heterocycles. The van der Waals surface area contributed by atoms with E-state index in [-0.39, 0.29) is 11.3 Å². The Hall–Kier alpha value is -0.140. The number of sulfonamides is 1. The van der Waals surface area contributed by atoms with Crippen LogP contribution < -0.4 is 4.72 Å². The summed E-state index contributed by atoms with van der Waals surface area (Å²) in [7, 11) is -3.42. The highest BCUT2D eigenvalue weighted by atomic mass is 79.9. The molecule has 0 aliphatic heterocycles. The number of halogens is 1. The van der Waals surface area contributed by atoms with Crippen LogP contribution in [0.15, 0.2) is 0 Å². The van der Waals surface area contributed by atoms with Crippen molar-refractivity contribution >= 4 is 31.9 Å². The summed E-state index contributed by atoms with van der Waals surface area (Å²) < 4.78 is 28.4. The van der Waals surface area contributed by atoms with Crippen molar-refractivity contribution in [1.82, 2.24) is 4.72 Å². The van der Waals surface area contributed by atoms with Crippen LogP contribution in [0.3, 0.4) is 0 Å². The van der Waals surface area contributed by atoms with Gasteiger partial charge in [-0.1, -0.05) is 15.9 Å². The highest BCUT2D eigenvalue weighted by Gasteiger charge is 2.19. The van der Waals surface area contributed by atoms with E-state index in [4.69, 9.17) is 0 Å². The molecule has 0 spiro atoms. The van der Waals surface area contributed by atoms with Crippen LogP contribution in [0.1, 0.15) is 13.8 Å². The van der Waals surface area contributed by atoms with E-state index in [0.717, 1.165) is 0 Å². The molecule has 0 bridgehead atoms. The molecule has 0 amide bonds. The fourth-order valence-electron chi connectivity index (χ4n) is 0.616. The summed E-state index contributed by atoms with van der Waals surface area (Å²) in [6, 6.07) is -0.845. The van der Waals surface area contributed by atoms with E-state index >= 15 is 0 Å². The molecular formula is C6H12BrNO4S. The van der Waals surface area contributed by atoms with Gasteiger partial charge in [-0.25, -0.2) is 13.1 Å². The van der Waals surface area contributed by atoms with Gasteiger partial charge < -0.3 is 4.74 Å². The molecule has 0 saturated heterocycles. The third kappa shape index (κ3) is 5.22. The summed E-state index contributed by atoms with van der Waals surface area (Å²) in [5.41, 5.74) is 0. The van der Waals surface area contributed by atoms with Gasteiger partial charge in [0.15, 0.2) is 0 Å². The van der Waals surface area contributed by atoms with E-state index in [9.17, 15) is 13.2 Å². The van der Waals surface area contributed by atoms with Gasteiger partial charge in [-0.15, -0.1) is 0 Å². The molecule has 1 atom stereocenters. The first kappa shape index (κ1) is 12.9. The zero-order chi connectivity index (χ0) is 10.5. The Labute approximate surface area is 86.0 Å². The summed E-state index contributed by atoms with van der Waals surface area (Å²) in [5.74, 6) is -0.577. The van der Waals surface area contributed by atoms with Crippen LogP contribution in [-0.4, -0.2) is 31.7 Å². The Morgan fingerprint density at radius 3 is 2.54 bits per heavy atom. The molecule has 0 rings (SSSR count). The van der Waals surface area contributed by atoms with Gasteiger partial charge in [0.1, 0.15) is 10.7 Å². The molecule has 1 N–H and O–H groups in total. The number of rotatable bonds is 5. The van der Waals surface area contributed by atoms with Crippen molar-refractivity contribution in [3.63, 3.8) is 0 Å². The van der Waals surface area contributed by atoms with E-state index in [1.807, 2.05) is 0 Å². The van der Waals surface area contributed by atoms with Gasteiger partial charge in [-0.05, 0) is 13.8 Å².